The Balaban J connectivity index is 1.70. The average molecular weight is 439 g/mol. The highest BCUT2D eigenvalue weighted by Crippen LogP contribution is 2.43. The molecule has 0 bridgehead atoms. The Morgan fingerprint density at radius 3 is 2.71 bits per heavy atom. The van der Waals surface area contributed by atoms with E-state index in [9.17, 15) is 15.0 Å². The topological polar surface area (TPSA) is 94.5 Å². The third-order valence-corrected chi connectivity index (χ3v) is 6.92. The summed E-state index contributed by atoms with van der Waals surface area (Å²) in [7, 11) is 1.49. The highest BCUT2D eigenvalue weighted by Gasteiger charge is 2.49. The zero-order valence-electron chi connectivity index (χ0n) is 19.2. The summed E-state index contributed by atoms with van der Waals surface area (Å²) < 4.78 is 23.5. The third-order valence-electron chi connectivity index (χ3n) is 6.92. The standard InChI is InChI=1S/C24H38O7/c1-15(2)21-16(3)8-10-23(31-21)13-19(9-11-29-23)30-22(26)20-7-6-18(25)12-24(20,27)17(4)14-28-5/h6-7,15-16,18-21,25,27H,4,8-14H2,1-3,5H3/t16-,18?,19?,20-,21?,23?,24+/m0/s1. The molecule has 2 N–H and O–H groups in total. The van der Waals surface area contributed by atoms with Gasteiger partial charge in [0.15, 0.2) is 5.79 Å². The predicted molar refractivity (Wildman–Crippen MR) is 115 cm³/mol. The lowest BCUT2D eigenvalue weighted by atomic mass is 9.74. The molecule has 2 fully saturated rings. The van der Waals surface area contributed by atoms with Gasteiger partial charge in [-0.25, -0.2) is 0 Å². The van der Waals surface area contributed by atoms with Crippen molar-refractivity contribution >= 4 is 5.97 Å². The second kappa shape index (κ2) is 9.71. The Labute approximate surface area is 185 Å². The molecule has 0 aromatic carbocycles. The number of rotatable bonds is 6. The largest absolute Gasteiger partial charge is 0.462 e. The number of aliphatic hydroxyl groups excluding tert-OH is 1. The van der Waals surface area contributed by atoms with Crippen molar-refractivity contribution in [2.45, 2.75) is 82.6 Å². The highest BCUT2D eigenvalue weighted by atomic mass is 16.7. The monoisotopic (exact) mass is 438 g/mol. The fraction of sp³-hybridized carbons (Fsp3) is 0.792. The molecule has 31 heavy (non-hydrogen) atoms. The van der Waals surface area contributed by atoms with Crippen molar-refractivity contribution < 1.29 is 34.0 Å². The van der Waals surface area contributed by atoms with Gasteiger partial charge >= 0.3 is 5.97 Å². The molecule has 7 heteroatoms. The summed E-state index contributed by atoms with van der Waals surface area (Å²) in [6.45, 7) is 10.9. The normalized spacial score (nSPS) is 40.8. The quantitative estimate of drug-likeness (QED) is 0.486. The van der Waals surface area contributed by atoms with Crippen LogP contribution >= 0.6 is 0 Å². The number of hydrogen-bond acceptors (Lipinski definition) is 7. The summed E-state index contributed by atoms with van der Waals surface area (Å²) in [5.41, 5.74) is -1.28. The van der Waals surface area contributed by atoms with Crippen LogP contribution in [0.15, 0.2) is 24.3 Å². The summed E-state index contributed by atoms with van der Waals surface area (Å²) in [5, 5.41) is 21.3. The van der Waals surface area contributed by atoms with Crippen LogP contribution in [-0.2, 0) is 23.7 Å². The van der Waals surface area contributed by atoms with E-state index in [-0.39, 0.29) is 25.2 Å². The lowest BCUT2D eigenvalue weighted by molar-refractivity contribution is -0.322. The van der Waals surface area contributed by atoms with E-state index in [0.29, 0.717) is 36.9 Å². The first-order valence-electron chi connectivity index (χ1n) is 11.4. The van der Waals surface area contributed by atoms with E-state index in [1.807, 2.05) is 0 Å². The van der Waals surface area contributed by atoms with Gasteiger partial charge in [-0.15, -0.1) is 0 Å². The maximum absolute atomic E-state index is 13.1. The smallest absolute Gasteiger partial charge is 0.316 e. The first-order chi connectivity index (χ1) is 14.6. The van der Waals surface area contributed by atoms with Gasteiger partial charge in [0.2, 0.25) is 0 Å². The van der Waals surface area contributed by atoms with Crippen LogP contribution in [-0.4, -0.2) is 66.2 Å². The maximum Gasteiger partial charge on any atom is 0.316 e. The van der Waals surface area contributed by atoms with Gasteiger partial charge in [-0.05, 0) is 23.8 Å². The molecule has 0 aromatic heterocycles. The van der Waals surface area contributed by atoms with Crippen molar-refractivity contribution in [1.29, 1.82) is 0 Å². The molecule has 0 aromatic rings. The minimum atomic E-state index is -1.62. The number of carbonyl (C=O) groups is 1. The molecule has 3 aliphatic rings. The number of esters is 1. The summed E-state index contributed by atoms with van der Waals surface area (Å²) in [6.07, 6.45) is 4.72. The van der Waals surface area contributed by atoms with Gasteiger partial charge in [-0.1, -0.05) is 39.5 Å². The second-order valence-corrected chi connectivity index (χ2v) is 9.75. The third kappa shape index (κ3) is 5.22. The van der Waals surface area contributed by atoms with Gasteiger partial charge in [0.25, 0.3) is 0 Å². The van der Waals surface area contributed by atoms with Gasteiger partial charge in [-0.3, -0.25) is 4.79 Å². The Bertz CT molecular complexity index is 689. The number of aliphatic hydroxyl groups is 2. The first-order valence-corrected chi connectivity index (χ1v) is 11.4. The fourth-order valence-electron chi connectivity index (χ4n) is 5.16. The molecule has 2 aliphatic heterocycles. The van der Waals surface area contributed by atoms with E-state index in [0.717, 1.165) is 12.8 Å². The molecule has 2 heterocycles. The first kappa shape index (κ1) is 24.4. The molecular formula is C24H38O7. The van der Waals surface area contributed by atoms with Crippen molar-refractivity contribution in [3.8, 4) is 0 Å². The van der Waals surface area contributed by atoms with Gasteiger partial charge in [0.05, 0.1) is 25.4 Å². The molecule has 0 saturated carbocycles. The van der Waals surface area contributed by atoms with E-state index < -0.39 is 29.4 Å². The van der Waals surface area contributed by atoms with Crippen LogP contribution in [0.2, 0.25) is 0 Å². The van der Waals surface area contributed by atoms with Crippen LogP contribution in [0.4, 0.5) is 0 Å². The maximum atomic E-state index is 13.1. The molecule has 2 saturated heterocycles. The van der Waals surface area contributed by atoms with Gasteiger partial charge < -0.3 is 29.2 Å². The van der Waals surface area contributed by atoms with E-state index >= 15 is 0 Å². The number of carbonyl (C=O) groups excluding carboxylic acids is 1. The Morgan fingerprint density at radius 1 is 1.29 bits per heavy atom. The van der Waals surface area contributed by atoms with Crippen LogP contribution in [0.5, 0.6) is 0 Å². The number of hydrogen-bond donors (Lipinski definition) is 2. The van der Waals surface area contributed by atoms with E-state index in [1.165, 1.54) is 19.3 Å². The van der Waals surface area contributed by atoms with Crippen LogP contribution in [0.25, 0.3) is 0 Å². The van der Waals surface area contributed by atoms with Gasteiger partial charge in [0, 0.05) is 32.8 Å². The van der Waals surface area contributed by atoms with E-state index in [2.05, 4.69) is 27.4 Å². The molecule has 7 atom stereocenters. The van der Waals surface area contributed by atoms with Crippen LogP contribution in [0.3, 0.4) is 0 Å². The van der Waals surface area contributed by atoms with Crippen molar-refractivity contribution in [3.63, 3.8) is 0 Å². The summed E-state index contributed by atoms with van der Waals surface area (Å²) in [4.78, 5) is 13.1. The lowest BCUT2D eigenvalue weighted by Gasteiger charge is -2.48. The molecule has 176 valence electrons. The summed E-state index contributed by atoms with van der Waals surface area (Å²) in [6, 6.07) is 0. The molecule has 0 amide bonds. The van der Waals surface area contributed by atoms with Crippen molar-refractivity contribution in [2.75, 3.05) is 20.3 Å². The van der Waals surface area contributed by atoms with Crippen molar-refractivity contribution in [3.05, 3.63) is 24.3 Å². The second-order valence-electron chi connectivity index (χ2n) is 9.75. The Morgan fingerprint density at radius 2 is 2.03 bits per heavy atom. The van der Waals surface area contributed by atoms with Gasteiger partial charge in [0.1, 0.15) is 17.6 Å². The van der Waals surface area contributed by atoms with E-state index in [4.69, 9.17) is 18.9 Å². The lowest BCUT2D eigenvalue weighted by Crippen LogP contribution is -2.54. The zero-order valence-corrected chi connectivity index (χ0v) is 19.2. The van der Waals surface area contributed by atoms with Crippen LogP contribution < -0.4 is 0 Å². The summed E-state index contributed by atoms with van der Waals surface area (Å²) >= 11 is 0. The summed E-state index contributed by atoms with van der Waals surface area (Å²) in [5.74, 6) is -1.38. The van der Waals surface area contributed by atoms with Gasteiger partial charge in [-0.2, -0.15) is 0 Å². The minimum Gasteiger partial charge on any atom is -0.462 e. The van der Waals surface area contributed by atoms with E-state index in [1.54, 1.807) is 0 Å². The van der Waals surface area contributed by atoms with Crippen molar-refractivity contribution in [1.82, 2.24) is 0 Å². The molecule has 4 unspecified atom stereocenters. The van der Waals surface area contributed by atoms with Crippen LogP contribution in [0, 0.1) is 17.8 Å². The van der Waals surface area contributed by atoms with Crippen molar-refractivity contribution in [2.24, 2.45) is 17.8 Å². The van der Waals surface area contributed by atoms with Crippen LogP contribution in [0.1, 0.15) is 52.9 Å². The highest BCUT2D eigenvalue weighted by molar-refractivity contribution is 5.77. The zero-order chi connectivity index (χ0) is 22.8. The molecule has 7 nitrogen and oxygen atoms in total. The Kier molecular flexibility index (Phi) is 7.64. The molecule has 0 radical (unpaired) electrons. The SMILES string of the molecule is C=C(COC)[C@]1(O)CC(O)C=C[C@H]1C(=O)OC1CCOC2(CC[C@H](C)C(C(C)C)O2)C1. The Hall–Kier alpha value is -1.25. The molecular weight excluding hydrogens is 400 g/mol. The minimum absolute atomic E-state index is 0.0275. The predicted octanol–water partition coefficient (Wildman–Crippen LogP) is 2.75. The number of methoxy groups -OCH3 is 1. The average Bonchev–Trinajstić information content (AvgIpc) is 2.70. The molecule has 3 rings (SSSR count). The fourth-order valence-corrected chi connectivity index (χ4v) is 5.16. The number of ether oxygens (including phenoxy) is 4. The molecule has 1 aliphatic carbocycles. The molecule has 1 spiro atoms.